The fraction of sp³-hybridized carbons (Fsp3) is 0.564. The van der Waals surface area contributed by atoms with Crippen molar-refractivity contribution in [3.63, 3.8) is 0 Å². The molecule has 2 N–H and O–H groups in total. The summed E-state index contributed by atoms with van der Waals surface area (Å²) in [5.41, 5.74) is 7.66. The monoisotopic (exact) mass is 778 g/mol. The molecular formula is C39H45F3N8O4S. The number of anilines is 2. The zero-order valence-corrected chi connectivity index (χ0v) is 32.2. The van der Waals surface area contributed by atoms with Crippen LogP contribution < -0.4 is 15.4 Å². The van der Waals surface area contributed by atoms with Crippen LogP contribution in [0.15, 0.2) is 6.20 Å². The van der Waals surface area contributed by atoms with Gasteiger partial charge in [-0.3, -0.25) is 19.6 Å². The molecule has 4 saturated heterocycles. The van der Waals surface area contributed by atoms with E-state index < -0.39 is 17.8 Å². The van der Waals surface area contributed by atoms with Crippen molar-refractivity contribution < 1.29 is 32.2 Å². The summed E-state index contributed by atoms with van der Waals surface area (Å²) in [6.07, 6.45) is 5.42. The van der Waals surface area contributed by atoms with Gasteiger partial charge in [-0.05, 0) is 56.7 Å². The number of alkyl halides is 1. The molecule has 5 unspecified atom stereocenters. The lowest BCUT2D eigenvalue weighted by Crippen LogP contribution is -2.55. The number of thiophene rings is 1. The Morgan fingerprint density at radius 1 is 1.09 bits per heavy atom. The molecule has 0 radical (unpaired) electrons. The van der Waals surface area contributed by atoms with Crippen LogP contribution in [0.25, 0.3) is 32.2 Å². The van der Waals surface area contributed by atoms with Gasteiger partial charge in [0.1, 0.15) is 34.7 Å². The highest BCUT2D eigenvalue weighted by atomic mass is 32.1. The van der Waals surface area contributed by atoms with Crippen LogP contribution in [0.5, 0.6) is 6.01 Å². The van der Waals surface area contributed by atoms with E-state index in [9.17, 15) is 18.8 Å². The van der Waals surface area contributed by atoms with E-state index in [1.54, 1.807) is 0 Å². The second kappa shape index (κ2) is 15.0. The number of piperazine rings is 1. The van der Waals surface area contributed by atoms with Gasteiger partial charge in [-0.25, -0.2) is 13.2 Å². The van der Waals surface area contributed by atoms with Crippen molar-refractivity contribution in [2.45, 2.75) is 96.5 Å². The van der Waals surface area contributed by atoms with E-state index in [1.807, 2.05) is 26.8 Å². The van der Waals surface area contributed by atoms with Gasteiger partial charge in [0, 0.05) is 55.3 Å². The maximum absolute atomic E-state index is 17.0. The van der Waals surface area contributed by atoms with Crippen molar-refractivity contribution in [1.29, 1.82) is 5.26 Å². The van der Waals surface area contributed by atoms with Crippen LogP contribution in [0.4, 0.5) is 24.0 Å². The van der Waals surface area contributed by atoms with Gasteiger partial charge in [-0.15, -0.1) is 11.3 Å². The molecule has 1 aromatic carbocycles. The van der Waals surface area contributed by atoms with Gasteiger partial charge in [0.25, 0.3) is 0 Å². The lowest BCUT2D eigenvalue weighted by Gasteiger charge is -2.43. The van der Waals surface area contributed by atoms with Gasteiger partial charge in [-0.2, -0.15) is 15.2 Å². The number of nitrogen functional groups attached to an aromatic ring is 1. The summed E-state index contributed by atoms with van der Waals surface area (Å²) in [5, 5.41) is 10.7. The van der Waals surface area contributed by atoms with Crippen LogP contribution in [0.2, 0.25) is 0 Å². The van der Waals surface area contributed by atoms with Gasteiger partial charge in [0.05, 0.1) is 53.8 Å². The van der Waals surface area contributed by atoms with E-state index >= 15 is 4.39 Å². The lowest BCUT2D eigenvalue weighted by atomic mass is 9.93. The molecule has 292 valence electrons. The Morgan fingerprint density at radius 3 is 2.53 bits per heavy atom. The minimum Gasteiger partial charge on any atom is -0.467 e. The van der Waals surface area contributed by atoms with E-state index in [1.165, 1.54) is 20.0 Å². The number of nitrogens with two attached hydrogens (primary N) is 1. The first kappa shape index (κ1) is 37.6. The molecule has 4 fully saturated rings. The average Bonchev–Trinajstić information content (AvgIpc) is 3.98. The largest absolute Gasteiger partial charge is 0.467 e. The number of ether oxygens (including phenoxy) is 3. The molecule has 0 amide bonds. The number of esters is 1. The minimum atomic E-state index is -0.679. The normalized spacial score (nSPS) is 23.9. The molecule has 5 atom stereocenters. The minimum absolute atomic E-state index is 0.0111. The van der Waals surface area contributed by atoms with Gasteiger partial charge in [0.2, 0.25) is 0 Å². The molecule has 55 heavy (non-hydrogen) atoms. The second-order valence-electron chi connectivity index (χ2n) is 15.5. The Bertz CT molecular complexity index is 2170. The van der Waals surface area contributed by atoms with Crippen LogP contribution in [-0.4, -0.2) is 101 Å². The molecule has 9 rings (SSSR count). The van der Waals surface area contributed by atoms with E-state index in [2.05, 4.69) is 24.7 Å². The fourth-order valence-electron chi connectivity index (χ4n) is 9.15. The second-order valence-corrected chi connectivity index (χ2v) is 16.6. The summed E-state index contributed by atoms with van der Waals surface area (Å²) in [4.78, 5) is 32.6. The number of methoxy groups -OCH3 is 1. The fourth-order valence-corrected chi connectivity index (χ4v) is 10.1. The predicted octanol–water partition coefficient (Wildman–Crippen LogP) is 6.11. The third-order valence-corrected chi connectivity index (χ3v) is 12.6. The van der Waals surface area contributed by atoms with Crippen molar-refractivity contribution in [3.8, 4) is 23.3 Å². The standard InChI is InChI=1S/C32H33F2N7O4S.C7H12FN/c1-14(2)31(42)45-15(3)9-40-10-16-5-6-17(11-40)41(16)30-24-20-13-44-12-19(20)22(25(34)27(24)38-32(39-30)43-4)26-23-18(7-35)29(36)46-28(23)21(33)8-37-26;8-6-4-7-2-1-3-9(7)5-6/h8,14-17H,5-6,9-13,36H2,1-4H3;6-7H,1-5H2. The summed E-state index contributed by atoms with van der Waals surface area (Å²) < 4.78 is 61.6. The van der Waals surface area contributed by atoms with Gasteiger partial charge < -0.3 is 24.8 Å². The highest BCUT2D eigenvalue weighted by Crippen LogP contribution is 2.48. The molecule has 5 aliphatic heterocycles. The summed E-state index contributed by atoms with van der Waals surface area (Å²) in [5.74, 6) is -1.14. The number of pyridine rings is 1. The number of nitriles is 1. The van der Waals surface area contributed by atoms with E-state index in [4.69, 9.17) is 24.9 Å². The van der Waals surface area contributed by atoms with Gasteiger partial charge in [-0.1, -0.05) is 13.8 Å². The smallest absolute Gasteiger partial charge is 0.318 e. The Kier molecular flexibility index (Phi) is 10.2. The molecule has 0 saturated carbocycles. The number of hydrogen-bond donors (Lipinski definition) is 1. The van der Waals surface area contributed by atoms with E-state index in [0.29, 0.717) is 35.9 Å². The molecule has 4 aromatic rings. The molecule has 0 spiro atoms. The highest BCUT2D eigenvalue weighted by Gasteiger charge is 2.43. The van der Waals surface area contributed by atoms with Crippen LogP contribution in [0.3, 0.4) is 0 Å². The quantitative estimate of drug-likeness (QED) is 0.216. The maximum Gasteiger partial charge on any atom is 0.318 e. The Balaban J connectivity index is 0.000000413. The lowest BCUT2D eigenvalue weighted by molar-refractivity contribution is -0.152. The number of fused-ring (bicyclic) bond motifs is 7. The summed E-state index contributed by atoms with van der Waals surface area (Å²) in [7, 11) is 1.44. The number of carbonyl (C=O) groups is 1. The topological polar surface area (TPSA) is 143 Å². The molecule has 2 bridgehead atoms. The molecular weight excluding hydrogens is 734 g/mol. The summed E-state index contributed by atoms with van der Waals surface area (Å²) in [6.45, 7) is 9.76. The number of halogens is 3. The first-order valence-corrected chi connectivity index (χ1v) is 19.8. The molecule has 3 aromatic heterocycles. The Labute approximate surface area is 321 Å². The third kappa shape index (κ3) is 6.72. The number of likely N-dealkylation sites (tertiary alicyclic amines) is 1. The number of carbonyl (C=O) groups excluding carboxylic acids is 1. The average molecular weight is 779 g/mol. The Hall–Kier alpha value is -4.30. The van der Waals surface area contributed by atoms with E-state index in [-0.39, 0.29) is 86.7 Å². The van der Waals surface area contributed by atoms with Gasteiger partial charge >= 0.3 is 12.0 Å². The summed E-state index contributed by atoms with van der Waals surface area (Å²) in [6, 6.07) is 2.83. The van der Waals surface area contributed by atoms with Crippen molar-refractivity contribution >= 4 is 49.1 Å². The molecule has 8 heterocycles. The zero-order valence-electron chi connectivity index (χ0n) is 31.4. The SMILES string of the molecule is COc1nc(N2C3CCC2CN(CC(C)OC(=O)C(C)C)C3)c2c3c(c(-c4ncc(F)c5sc(N)c(C#N)c45)c(F)c2n1)COC3.FC1CC2CCCN2C1. The highest BCUT2D eigenvalue weighted by molar-refractivity contribution is 7.23. The Morgan fingerprint density at radius 2 is 1.84 bits per heavy atom. The summed E-state index contributed by atoms with van der Waals surface area (Å²) >= 11 is 0.930. The zero-order chi connectivity index (χ0) is 38.7. The molecule has 12 nitrogen and oxygen atoms in total. The first-order chi connectivity index (χ1) is 26.5. The van der Waals surface area contributed by atoms with Crippen LogP contribution in [0.1, 0.15) is 69.6 Å². The number of benzene rings is 1. The van der Waals surface area contributed by atoms with Crippen molar-refractivity contribution in [2.24, 2.45) is 5.92 Å². The van der Waals surface area contributed by atoms with Gasteiger partial charge in [0.15, 0.2) is 11.6 Å². The van der Waals surface area contributed by atoms with Crippen LogP contribution in [-0.2, 0) is 27.5 Å². The number of aromatic nitrogens is 3. The number of rotatable bonds is 7. The predicted molar refractivity (Wildman–Crippen MR) is 202 cm³/mol. The maximum atomic E-state index is 17.0. The van der Waals surface area contributed by atoms with Crippen molar-refractivity contribution in [2.75, 3.05) is 50.5 Å². The van der Waals surface area contributed by atoms with Crippen LogP contribution in [0, 0.1) is 28.9 Å². The number of nitrogens with zero attached hydrogens (tertiary/aromatic N) is 7. The van der Waals surface area contributed by atoms with Crippen molar-refractivity contribution in [1.82, 2.24) is 24.8 Å². The molecule has 0 aliphatic carbocycles. The molecule has 5 aliphatic rings. The third-order valence-electron chi connectivity index (χ3n) is 11.6. The molecule has 16 heteroatoms. The van der Waals surface area contributed by atoms with E-state index in [0.717, 1.165) is 62.0 Å². The first-order valence-electron chi connectivity index (χ1n) is 19.0. The van der Waals surface area contributed by atoms with Crippen LogP contribution >= 0.6 is 11.3 Å². The number of hydrogen-bond acceptors (Lipinski definition) is 13. The van der Waals surface area contributed by atoms with Crippen molar-refractivity contribution in [3.05, 3.63) is 34.5 Å².